The molecule has 1 aromatic heterocycles. The second-order valence-corrected chi connectivity index (χ2v) is 10.6. The van der Waals surface area contributed by atoms with E-state index in [0.717, 1.165) is 12.8 Å². The summed E-state index contributed by atoms with van der Waals surface area (Å²) in [6.07, 6.45) is 7.06. The summed E-state index contributed by atoms with van der Waals surface area (Å²) in [4.78, 5) is 3.78. The van der Waals surface area contributed by atoms with Crippen molar-refractivity contribution in [1.82, 2.24) is 4.98 Å². The number of allylic oxidation sites excluding steroid dienone is 4. The van der Waals surface area contributed by atoms with Crippen molar-refractivity contribution in [3.63, 3.8) is 0 Å². The molecule has 1 nitrogen and oxygen atoms in total. The number of hydrogen-bond acceptors (Lipinski definition) is 0. The number of aromatic nitrogens is 1. The van der Waals surface area contributed by atoms with E-state index in [1.807, 2.05) is 0 Å². The first-order valence-corrected chi connectivity index (χ1v) is 11.5. The van der Waals surface area contributed by atoms with Gasteiger partial charge in [0.15, 0.2) is 0 Å². The van der Waals surface area contributed by atoms with Crippen molar-refractivity contribution in [2.24, 2.45) is 0 Å². The van der Waals surface area contributed by atoms with Crippen LogP contribution < -0.4 is 0 Å². The van der Waals surface area contributed by atoms with Crippen LogP contribution in [0.5, 0.6) is 0 Å². The Balaban J connectivity index is 1.66. The van der Waals surface area contributed by atoms with Gasteiger partial charge in [0.2, 0.25) is 0 Å². The monoisotopic (exact) mass is 401 g/mol. The molecule has 0 radical (unpaired) electrons. The van der Waals surface area contributed by atoms with Crippen LogP contribution in [-0.2, 0) is 10.8 Å². The molecule has 0 spiro atoms. The average Bonchev–Trinajstić information content (AvgIpc) is 3.33. The molecule has 0 atom stereocenters. The molecule has 3 aliphatic carbocycles. The lowest BCUT2D eigenvalue weighted by atomic mass is 9.76. The quantitative estimate of drug-likeness (QED) is 0.307. The number of hydrogen-bond donors (Lipinski definition) is 1. The molecule has 0 bridgehead atoms. The van der Waals surface area contributed by atoms with Crippen molar-refractivity contribution < 1.29 is 0 Å². The summed E-state index contributed by atoms with van der Waals surface area (Å²) in [5.41, 5.74) is 14.3. The number of nitrogens with one attached hydrogen (secondary N) is 1. The number of H-pyrrole nitrogens is 1. The lowest BCUT2D eigenvalue weighted by Crippen LogP contribution is -2.18. The highest BCUT2D eigenvalue weighted by molar-refractivity contribution is 6.16. The van der Waals surface area contributed by atoms with Crippen LogP contribution in [0.3, 0.4) is 0 Å². The molecule has 0 aliphatic heterocycles. The molecule has 1 heteroatoms. The largest absolute Gasteiger partial charge is 0.354 e. The fourth-order valence-corrected chi connectivity index (χ4v) is 6.91. The molecule has 7 rings (SSSR count). The molecule has 3 aliphatic rings. The van der Waals surface area contributed by atoms with Crippen LogP contribution in [0, 0.1) is 0 Å². The van der Waals surface area contributed by atoms with Gasteiger partial charge in [0, 0.05) is 32.6 Å². The molecule has 31 heavy (non-hydrogen) atoms. The van der Waals surface area contributed by atoms with Gasteiger partial charge in [-0.25, -0.2) is 0 Å². The summed E-state index contributed by atoms with van der Waals surface area (Å²) in [6, 6.07) is 18.3. The second kappa shape index (κ2) is 5.40. The molecule has 0 unspecified atom stereocenters. The first kappa shape index (κ1) is 17.6. The topological polar surface area (TPSA) is 15.8 Å². The Labute approximate surface area is 183 Å². The maximum atomic E-state index is 3.78. The third-order valence-electron chi connectivity index (χ3n) is 8.24. The number of fused-ring (bicyclic) bond motifs is 10. The van der Waals surface area contributed by atoms with E-state index in [2.05, 4.69) is 93.4 Å². The Bertz CT molecular complexity index is 1520. The van der Waals surface area contributed by atoms with Gasteiger partial charge in [0.05, 0.1) is 0 Å². The van der Waals surface area contributed by atoms with Gasteiger partial charge in [0.25, 0.3) is 0 Å². The lowest BCUT2D eigenvalue weighted by Gasteiger charge is -2.26. The normalized spacial score (nSPS) is 19.6. The first-order valence-electron chi connectivity index (χ1n) is 11.5. The summed E-state index contributed by atoms with van der Waals surface area (Å²) in [5.74, 6) is 0. The average molecular weight is 402 g/mol. The summed E-state index contributed by atoms with van der Waals surface area (Å²) in [6.45, 7) is 9.64. The van der Waals surface area contributed by atoms with E-state index in [1.165, 1.54) is 60.8 Å². The number of aromatic amines is 1. The third-order valence-corrected chi connectivity index (χ3v) is 8.24. The van der Waals surface area contributed by atoms with Gasteiger partial charge in [-0.2, -0.15) is 0 Å². The predicted molar refractivity (Wildman–Crippen MR) is 132 cm³/mol. The van der Waals surface area contributed by atoms with Crippen LogP contribution in [0.4, 0.5) is 0 Å². The Morgan fingerprint density at radius 1 is 0.710 bits per heavy atom. The van der Waals surface area contributed by atoms with Gasteiger partial charge in [-0.15, -0.1) is 0 Å². The molecular weight excluding hydrogens is 374 g/mol. The Morgan fingerprint density at radius 2 is 1.39 bits per heavy atom. The molecule has 152 valence electrons. The molecule has 3 aromatic carbocycles. The van der Waals surface area contributed by atoms with Crippen molar-refractivity contribution in [2.45, 2.75) is 51.4 Å². The molecule has 4 aromatic rings. The molecule has 0 fully saturated rings. The van der Waals surface area contributed by atoms with Crippen molar-refractivity contribution in [3.05, 3.63) is 88.5 Å². The van der Waals surface area contributed by atoms with Gasteiger partial charge in [-0.05, 0) is 69.5 Å². The molecule has 1 heterocycles. The summed E-state index contributed by atoms with van der Waals surface area (Å²) >= 11 is 0. The Kier molecular flexibility index (Phi) is 3.07. The third kappa shape index (κ3) is 1.94. The fourth-order valence-electron chi connectivity index (χ4n) is 6.91. The zero-order valence-electron chi connectivity index (χ0n) is 18.7. The van der Waals surface area contributed by atoms with Gasteiger partial charge >= 0.3 is 0 Å². The zero-order valence-corrected chi connectivity index (χ0v) is 18.7. The van der Waals surface area contributed by atoms with Gasteiger partial charge in [-0.3, -0.25) is 0 Å². The molecule has 1 N–H and O–H groups in total. The van der Waals surface area contributed by atoms with Crippen LogP contribution >= 0.6 is 0 Å². The summed E-state index contributed by atoms with van der Waals surface area (Å²) in [7, 11) is 0. The molecule has 0 saturated carbocycles. The minimum Gasteiger partial charge on any atom is -0.354 e. The number of benzene rings is 3. The van der Waals surface area contributed by atoms with E-state index in [0.29, 0.717) is 0 Å². The summed E-state index contributed by atoms with van der Waals surface area (Å²) < 4.78 is 0. The van der Waals surface area contributed by atoms with Crippen molar-refractivity contribution in [1.29, 1.82) is 0 Å². The van der Waals surface area contributed by atoms with E-state index in [4.69, 9.17) is 0 Å². The van der Waals surface area contributed by atoms with E-state index < -0.39 is 0 Å². The van der Waals surface area contributed by atoms with Gasteiger partial charge < -0.3 is 4.98 Å². The Morgan fingerprint density at radius 3 is 2.16 bits per heavy atom. The maximum absolute atomic E-state index is 3.78. The highest BCUT2D eigenvalue weighted by Crippen LogP contribution is 2.57. The standard InChI is InChI=1S/C30H27N/c1-29(2)21-11-7-5-9-17(21)19-13-15-23-25(27(19)29)26-24(31-23)16-14-20-18-10-6-8-12-22(18)30(3,4)28(20)26/h5,7-9,11-16,31H,6,10H2,1-4H3. The smallest absolute Gasteiger partial charge is 0.0468 e. The molecule has 0 amide bonds. The maximum Gasteiger partial charge on any atom is 0.0468 e. The van der Waals surface area contributed by atoms with Gasteiger partial charge in [-0.1, -0.05) is 76.2 Å². The van der Waals surface area contributed by atoms with Crippen molar-refractivity contribution in [2.75, 3.05) is 0 Å². The first-order chi connectivity index (χ1) is 14.9. The molecule has 0 saturated heterocycles. The van der Waals surface area contributed by atoms with E-state index in [-0.39, 0.29) is 10.8 Å². The van der Waals surface area contributed by atoms with E-state index >= 15 is 0 Å². The SMILES string of the molecule is CC1(C)C2=C(CCC=C2)c2ccc3[nH]c4ccc5c(c4c3c21)C(C)(C)c1ccccc1-5. The predicted octanol–water partition coefficient (Wildman–Crippen LogP) is 8.02. The highest BCUT2D eigenvalue weighted by atomic mass is 14.7. The van der Waals surface area contributed by atoms with E-state index in [1.54, 1.807) is 5.57 Å². The molecular formula is C30H27N. The highest BCUT2D eigenvalue weighted by Gasteiger charge is 2.42. The van der Waals surface area contributed by atoms with Crippen LogP contribution in [0.2, 0.25) is 0 Å². The summed E-state index contributed by atoms with van der Waals surface area (Å²) in [5, 5.41) is 2.88. The van der Waals surface area contributed by atoms with Crippen molar-refractivity contribution >= 4 is 27.4 Å². The van der Waals surface area contributed by atoms with Crippen LogP contribution in [0.25, 0.3) is 38.5 Å². The van der Waals surface area contributed by atoms with Crippen molar-refractivity contribution in [3.8, 4) is 11.1 Å². The van der Waals surface area contributed by atoms with Crippen LogP contribution in [-0.4, -0.2) is 4.98 Å². The van der Waals surface area contributed by atoms with Crippen LogP contribution in [0.1, 0.15) is 62.8 Å². The number of rotatable bonds is 0. The van der Waals surface area contributed by atoms with Gasteiger partial charge in [0.1, 0.15) is 0 Å². The van der Waals surface area contributed by atoms with E-state index in [9.17, 15) is 0 Å². The van der Waals surface area contributed by atoms with Crippen LogP contribution in [0.15, 0.2) is 66.3 Å². The minimum absolute atomic E-state index is 0.0149. The zero-order chi connectivity index (χ0) is 21.1. The minimum atomic E-state index is -0.0149. The second-order valence-electron chi connectivity index (χ2n) is 10.6. The fraction of sp³-hybridized carbons (Fsp3) is 0.267. The Hall–Kier alpha value is -3.06. The lowest BCUT2D eigenvalue weighted by molar-refractivity contribution is 0.656.